The Kier molecular flexibility index (Phi) is 3.58. The van der Waals surface area contributed by atoms with Gasteiger partial charge < -0.3 is 10.6 Å². The van der Waals surface area contributed by atoms with Crippen LogP contribution in [0.4, 0.5) is 11.6 Å². The zero-order valence-corrected chi connectivity index (χ0v) is 11.3. The van der Waals surface area contributed by atoms with E-state index < -0.39 is 0 Å². The monoisotopic (exact) mass is 266 g/mol. The number of nitrogens with two attached hydrogens (primary N) is 1. The number of rotatable bonds is 3. The van der Waals surface area contributed by atoms with E-state index in [1.165, 1.54) is 4.68 Å². The predicted molar refractivity (Wildman–Crippen MR) is 76.4 cm³/mol. The van der Waals surface area contributed by atoms with E-state index in [9.17, 15) is 5.26 Å². The largest absolute Gasteiger partial charge is 0.382 e. The van der Waals surface area contributed by atoms with Gasteiger partial charge in [-0.2, -0.15) is 10.5 Å². The fourth-order valence-electron chi connectivity index (χ4n) is 1.82. The molecule has 2 aromatic rings. The van der Waals surface area contributed by atoms with Gasteiger partial charge in [-0.15, -0.1) is 5.10 Å². The van der Waals surface area contributed by atoms with Crippen LogP contribution in [-0.2, 0) is 0 Å². The number of nitrogens with zero attached hydrogens (tertiary/aromatic N) is 5. The van der Waals surface area contributed by atoms with Crippen molar-refractivity contribution < 1.29 is 0 Å². The lowest BCUT2D eigenvalue weighted by atomic mass is 10.2. The van der Waals surface area contributed by atoms with Gasteiger partial charge in [0.1, 0.15) is 17.5 Å². The van der Waals surface area contributed by atoms with Gasteiger partial charge >= 0.3 is 0 Å². The van der Waals surface area contributed by atoms with Crippen LogP contribution in [0.2, 0.25) is 0 Å². The molecule has 0 amide bonds. The molecule has 100 valence electrons. The fourth-order valence-corrected chi connectivity index (χ4v) is 1.82. The number of nitrogen functional groups attached to an aromatic ring is 1. The highest BCUT2D eigenvalue weighted by Crippen LogP contribution is 2.26. The van der Waals surface area contributed by atoms with Crippen molar-refractivity contribution in [3.05, 3.63) is 35.4 Å². The minimum Gasteiger partial charge on any atom is -0.382 e. The molecule has 2 N–H and O–H groups in total. The molecule has 2 rings (SSSR count). The van der Waals surface area contributed by atoms with E-state index in [4.69, 9.17) is 11.0 Å². The van der Waals surface area contributed by atoms with Crippen LogP contribution in [-0.4, -0.2) is 23.4 Å². The van der Waals surface area contributed by atoms with Crippen LogP contribution < -0.4 is 10.6 Å². The molecule has 20 heavy (non-hydrogen) atoms. The maximum absolute atomic E-state index is 9.23. The molecule has 0 aliphatic carbocycles. The number of hydrogen-bond acceptors (Lipinski definition) is 5. The van der Waals surface area contributed by atoms with Gasteiger partial charge in [0.15, 0.2) is 5.82 Å². The summed E-state index contributed by atoms with van der Waals surface area (Å²) in [6, 6.07) is 11.0. The molecule has 1 heterocycles. The average Bonchev–Trinajstić information content (AvgIpc) is 2.83. The lowest BCUT2D eigenvalue weighted by Crippen LogP contribution is -2.17. The Morgan fingerprint density at radius 2 is 1.90 bits per heavy atom. The van der Waals surface area contributed by atoms with Crippen LogP contribution in [0, 0.1) is 22.7 Å². The Morgan fingerprint density at radius 1 is 1.25 bits per heavy atom. The normalized spacial score (nSPS) is 9.80. The number of hydrogen-bond donors (Lipinski definition) is 1. The van der Waals surface area contributed by atoms with Crippen LogP contribution in [0.3, 0.4) is 0 Å². The highest BCUT2D eigenvalue weighted by Gasteiger charge is 2.18. The van der Waals surface area contributed by atoms with Gasteiger partial charge in [0.2, 0.25) is 0 Å². The average molecular weight is 266 g/mol. The zero-order valence-electron chi connectivity index (χ0n) is 11.3. The fraction of sp³-hybridized carbons (Fsp3) is 0.214. The summed E-state index contributed by atoms with van der Waals surface area (Å²) in [5, 5.41) is 22.4. The second kappa shape index (κ2) is 5.33. The first-order valence-electron chi connectivity index (χ1n) is 6.12. The molecular formula is C14H14N6. The molecule has 0 aliphatic heterocycles. The van der Waals surface area contributed by atoms with Crippen LogP contribution in [0.25, 0.3) is 5.69 Å². The van der Waals surface area contributed by atoms with Gasteiger partial charge in [-0.05, 0) is 31.2 Å². The third-order valence-corrected chi connectivity index (χ3v) is 3.09. The van der Waals surface area contributed by atoms with E-state index in [1.54, 1.807) is 24.3 Å². The third-order valence-electron chi connectivity index (χ3n) is 3.09. The molecule has 0 unspecified atom stereocenters. The first-order valence-corrected chi connectivity index (χ1v) is 6.12. The topological polar surface area (TPSA) is 94.7 Å². The minimum atomic E-state index is 0.299. The lowest BCUT2D eigenvalue weighted by molar-refractivity contribution is 0.852. The molecule has 0 radical (unpaired) electrons. The molecule has 0 atom stereocenters. The van der Waals surface area contributed by atoms with Gasteiger partial charge in [-0.25, -0.2) is 4.68 Å². The molecule has 0 aliphatic rings. The van der Waals surface area contributed by atoms with Gasteiger partial charge in [0.25, 0.3) is 0 Å². The summed E-state index contributed by atoms with van der Waals surface area (Å²) in [5.41, 5.74) is 7.63. The maximum atomic E-state index is 9.23. The number of benzene rings is 1. The van der Waals surface area contributed by atoms with Crippen LogP contribution in [0.5, 0.6) is 0 Å². The molecule has 0 bridgehead atoms. The van der Waals surface area contributed by atoms with Crippen molar-refractivity contribution in [3.63, 3.8) is 0 Å². The SMILES string of the molecule is CCN(C)c1nn(-c2ccc(C#N)cc2)c(N)c1C#N. The van der Waals surface area contributed by atoms with Crippen LogP contribution in [0.15, 0.2) is 24.3 Å². The Bertz CT molecular complexity index is 699. The van der Waals surface area contributed by atoms with Crippen molar-refractivity contribution in [1.29, 1.82) is 10.5 Å². The van der Waals surface area contributed by atoms with Gasteiger partial charge in [-0.1, -0.05) is 0 Å². The van der Waals surface area contributed by atoms with E-state index in [-0.39, 0.29) is 0 Å². The molecule has 6 heteroatoms. The molecular weight excluding hydrogens is 252 g/mol. The molecule has 1 aromatic carbocycles. The molecule has 1 aromatic heterocycles. The molecule has 0 saturated heterocycles. The highest BCUT2D eigenvalue weighted by atomic mass is 15.4. The zero-order chi connectivity index (χ0) is 14.7. The van der Waals surface area contributed by atoms with Crippen molar-refractivity contribution >= 4 is 11.6 Å². The van der Waals surface area contributed by atoms with Crippen molar-refractivity contribution in [3.8, 4) is 17.8 Å². The predicted octanol–water partition coefficient (Wildman–Crippen LogP) is 1.65. The summed E-state index contributed by atoms with van der Waals surface area (Å²) in [5.74, 6) is 0.851. The van der Waals surface area contributed by atoms with Gasteiger partial charge in [0.05, 0.1) is 17.3 Å². The van der Waals surface area contributed by atoms with E-state index in [0.717, 1.165) is 6.54 Å². The number of nitriles is 2. The summed E-state index contributed by atoms with van der Waals surface area (Å²) in [4.78, 5) is 1.86. The van der Waals surface area contributed by atoms with E-state index in [2.05, 4.69) is 17.2 Å². The van der Waals surface area contributed by atoms with Gasteiger partial charge in [-0.3, -0.25) is 0 Å². The second-order valence-corrected chi connectivity index (χ2v) is 4.28. The van der Waals surface area contributed by atoms with Crippen molar-refractivity contribution in [2.24, 2.45) is 0 Å². The smallest absolute Gasteiger partial charge is 0.171 e. The Labute approximate surface area is 117 Å². The van der Waals surface area contributed by atoms with Crippen LogP contribution >= 0.6 is 0 Å². The van der Waals surface area contributed by atoms with E-state index in [1.807, 2.05) is 18.9 Å². The Morgan fingerprint density at radius 3 is 2.40 bits per heavy atom. The summed E-state index contributed by atoms with van der Waals surface area (Å²) >= 11 is 0. The molecule has 0 saturated carbocycles. The van der Waals surface area contributed by atoms with Gasteiger partial charge in [0, 0.05) is 13.6 Å². The quantitative estimate of drug-likeness (QED) is 0.911. The number of aromatic nitrogens is 2. The first kappa shape index (κ1) is 13.4. The summed E-state index contributed by atoms with van der Waals surface area (Å²) in [6.45, 7) is 2.69. The lowest BCUT2D eigenvalue weighted by Gasteiger charge is -2.12. The third kappa shape index (κ3) is 2.15. The van der Waals surface area contributed by atoms with Crippen molar-refractivity contribution in [2.45, 2.75) is 6.92 Å². The van der Waals surface area contributed by atoms with E-state index >= 15 is 0 Å². The van der Waals surface area contributed by atoms with Crippen molar-refractivity contribution in [2.75, 3.05) is 24.2 Å². The summed E-state index contributed by atoms with van der Waals surface area (Å²) in [7, 11) is 1.85. The Balaban J connectivity index is 2.55. The highest BCUT2D eigenvalue weighted by molar-refractivity contribution is 5.67. The maximum Gasteiger partial charge on any atom is 0.171 e. The Hall–Kier alpha value is -2.99. The van der Waals surface area contributed by atoms with Crippen LogP contribution in [0.1, 0.15) is 18.1 Å². The van der Waals surface area contributed by atoms with Crippen molar-refractivity contribution in [1.82, 2.24) is 9.78 Å². The minimum absolute atomic E-state index is 0.299. The van der Waals surface area contributed by atoms with E-state index in [0.29, 0.717) is 28.5 Å². The standard InChI is InChI=1S/C14H14N6/c1-3-19(2)14-12(9-16)13(17)20(18-14)11-6-4-10(8-15)5-7-11/h4-7H,3,17H2,1-2H3. The second-order valence-electron chi connectivity index (χ2n) is 4.28. The summed E-state index contributed by atoms with van der Waals surface area (Å²) < 4.78 is 1.52. The first-order chi connectivity index (χ1) is 9.62. The molecule has 0 spiro atoms. The molecule has 6 nitrogen and oxygen atoms in total. The number of anilines is 2. The molecule has 0 fully saturated rings. The summed E-state index contributed by atoms with van der Waals surface area (Å²) in [6.07, 6.45) is 0.